The molecule has 0 bridgehead atoms. The Morgan fingerprint density at radius 3 is 2.71 bits per heavy atom. The van der Waals surface area contributed by atoms with Crippen LogP contribution in [0.5, 0.6) is 5.75 Å². The summed E-state index contributed by atoms with van der Waals surface area (Å²) in [5.41, 5.74) is 0.619. The van der Waals surface area contributed by atoms with Crippen LogP contribution in [-0.2, 0) is 16.1 Å². The first-order valence-electron chi connectivity index (χ1n) is 5.35. The summed E-state index contributed by atoms with van der Waals surface area (Å²) in [5.74, 6) is -0.589. The van der Waals surface area contributed by atoms with E-state index in [1.54, 1.807) is 31.2 Å². The number of aliphatic hydroxyl groups excluding tert-OH is 1. The highest BCUT2D eigenvalue weighted by Gasteiger charge is 2.18. The van der Waals surface area contributed by atoms with E-state index in [1.807, 2.05) is 0 Å². The average molecular weight is 240 g/mol. The zero-order valence-corrected chi connectivity index (χ0v) is 9.63. The molecule has 1 aromatic carbocycles. The predicted octanol–water partition coefficient (Wildman–Crippen LogP) is 1.05. The molecule has 5 heteroatoms. The number of para-hydroxylation sites is 1. The fourth-order valence-corrected chi connectivity index (χ4v) is 1.33. The van der Waals surface area contributed by atoms with Crippen LogP contribution in [0.25, 0.3) is 0 Å². The van der Waals surface area contributed by atoms with Crippen molar-refractivity contribution >= 4 is 5.97 Å². The van der Waals surface area contributed by atoms with E-state index in [9.17, 15) is 4.79 Å². The van der Waals surface area contributed by atoms with Gasteiger partial charge < -0.3 is 19.7 Å². The topological polar surface area (TPSA) is 76.0 Å². The summed E-state index contributed by atoms with van der Waals surface area (Å²) in [7, 11) is 0. The number of ether oxygens (including phenoxy) is 2. The molecule has 5 nitrogen and oxygen atoms in total. The lowest BCUT2D eigenvalue weighted by molar-refractivity contribution is -0.152. The van der Waals surface area contributed by atoms with Crippen molar-refractivity contribution in [3.63, 3.8) is 0 Å². The van der Waals surface area contributed by atoms with Gasteiger partial charge in [0.15, 0.2) is 6.10 Å². The second-order valence-electron chi connectivity index (χ2n) is 3.36. The van der Waals surface area contributed by atoms with Crippen LogP contribution in [0.3, 0.4) is 0 Å². The molecule has 0 aliphatic heterocycles. The van der Waals surface area contributed by atoms with Gasteiger partial charge in [0.1, 0.15) is 12.4 Å². The summed E-state index contributed by atoms with van der Waals surface area (Å²) in [6, 6.07) is 6.92. The fourth-order valence-electron chi connectivity index (χ4n) is 1.33. The minimum absolute atomic E-state index is 0.0831. The van der Waals surface area contributed by atoms with Crippen LogP contribution in [0.2, 0.25) is 0 Å². The highest BCUT2D eigenvalue weighted by atomic mass is 16.5. The van der Waals surface area contributed by atoms with E-state index in [0.717, 1.165) is 0 Å². The molecule has 1 rings (SSSR count). The maximum Gasteiger partial charge on any atom is 0.336 e. The largest absolute Gasteiger partial charge is 0.490 e. The van der Waals surface area contributed by atoms with Gasteiger partial charge in [-0.3, -0.25) is 0 Å². The number of carboxylic acids is 1. The summed E-state index contributed by atoms with van der Waals surface area (Å²) >= 11 is 0. The molecule has 0 fully saturated rings. The quantitative estimate of drug-likeness (QED) is 0.745. The Balaban J connectivity index is 2.61. The van der Waals surface area contributed by atoms with Crippen LogP contribution in [0.1, 0.15) is 12.5 Å². The lowest BCUT2D eigenvalue weighted by Crippen LogP contribution is -2.30. The van der Waals surface area contributed by atoms with E-state index in [2.05, 4.69) is 0 Å². The number of carbonyl (C=O) groups is 1. The molecule has 0 spiro atoms. The number of hydrogen-bond donors (Lipinski definition) is 2. The van der Waals surface area contributed by atoms with Gasteiger partial charge >= 0.3 is 5.97 Å². The van der Waals surface area contributed by atoms with Gasteiger partial charge in [-0.15, -0.1) is 0 Å². The number of hydrogen-bond acceptors (Lipinski definition) is 4. The first kappa shape index (κ1) is 13.5. The Hall–Kier alpha value is -1.59. The van der Waals surface area contributed by atoms with Gasteiger partial charge in [-0.25, -0.2) is 4.79 Å². The van der Waals surface area contributed by atoms with Crippen LogP contribution in [0, 0.1) is 0 Å². The second-order valence-corrected chi connectivity index (χ2v) is 3.36. The van der Waals surface area contributed by atoms with Crippen molar-refractivity contribution in [3.05, 3.63) is 29.8 Å². The summed E-state index contributed by atoms with van der Waals surface area (Å²) in [6.07, 6.45) is -0.994. The molecule has 2 N–H and O–H groups in total. The van der Waals surface area contributed by atoms with Crippen LogP contribution >= 0.6 is 0 Å². The maximum atomic E-state index is 10.8. The van der Waals surface area contributed by atoms with Crippen molar-refractivity contribution in [3.8, 4) is 5.75 Å². The van der Waals surface area contributed by atoms with E-state index in [-0.39, 0.29) is 13.2 Å². The van der Waals surface area contributed by atoms with Gasteiger partial charge in [-0.05, 0) is 13.0 Å². The van der Waals surface area contributed by atoms with Crippen LogP contribution in [0.15, 0.2) is 24.3 Å². The van der Waals surface area contributed by atoms with Gasteiger partial charge in [-0.2, -0.15) is 0 Å². The average Bonchev–Trinajstić information content (AvgIpc) is 2.34. The zero-order chi connectivity index (χ0) is 12.7. The summed E-state index contributed by atoms with van der Waals surface area (Å²) in [5, 5.41) is 17.9. The summed E-state index contributed by atoms with van der Waals surface area (Å²) in [4.78, 5) is 10.8. The van der Waals surface area contributed by atoms with Gasteiger partial charge in [0.05, 0.1) is 6.61 Å². The lowest BCUT2D eigenvalue weighted by atomic mass is 10.2. The number of rotatable bonds is 7. The molecular formula is C12H16O5. The Bertz CT molecular complexity index is 364. The molecule has 94 valence electrons. The number of carboxylic acid groups (broad SMARTS) is 1. The van der Waals surface area contributed by atoms with E-state index >= 15 is 0 Å². The smallest absolute Gasteiger partial charge is 0.336 e. The third-order valence-corrected chi connectivity index (χ3v) is 2.18. The predicted molar refractivity (Wildman–Crippen MR) is 60.9 cm³/mol. The monoisotopic (exact) mass is 240 g/mol. The van der Waals surface area contributed by atoms with Crippen LogP contribution in [-0.4, -0.2) is 35.5 Å². The second kappa shape index (κ2) is 6.88. The van der Waals surface area contributed by atoms with Crippen molar-refractivity contribution in [2.24, 2.45) is 0 Å². The van der Waals surface area contributed by atoms with Crippen LogP contribution < -0.4 is 4.74 Å². The Kier molecular flexibility index (Phi) is 5.45. The number of aliphatic hydroxyl groups is 1. The Labute approximate surface area is 99.6 Å². The van der Waals surface area contributed by atoms with Gasteiger partial charge in [0, 0.05) is 12.2 Å². The molecule has 0 aliphatic rings. The molecule has 1 aromatic rings. The van der Waals surface area contributed by atoms with Crippen LogP contribution in [0.4, 0.5) is 0 Å². The van der Waals surface area contributed by atoms with Crippen molar-refractivity contribution in [1.82, 2.24) is 0 Å². The Morgan fingerprint density at radius 2 is 2.12 bits per heavy atom. The van der Waals surface area contributed by atoms with Gasteiger partial charge in [0.2, 0.25) is 0 Å². The van der Waals surface area contributed by atoms with Crippen molar-refractivity contribution in [1.29, 1.82) is 0 Å². The van der Waals surface area contributed by atoms with Gasteiger partial charge in [0.25, 0.3) is 0 Å². The van der Waals surface area contributed by atoms with E-state index in [1.165, 1.54) is 0 Å². The molecule has 17 heavy (non-hydrogen) atoms. The normalized spacial score (nSPS) is 12.1. The first-order chi connectivity index (χ1) is 8.19. The first-order valence-corrected chi connectivity index (χ1v) is 5.35. The molecule has 0 amide bonds. The third kappa shape index (κ3) is 4.05. The maximum absolute atomic E-state index is 10.8. The summed E-state index contributed by atoms with van der Waals surface area (Å²) < 4.78 is 10.3. The SMILES string of the molecule is CCOC(COc1ccccc1CO)C(=O)O. The Morgan fingerprint density at radius 1 is 1.41 bits per heavy atom. The van der Waals surface area contributed by atoms with E-state index in [0.29, 0.717) is 17.9 Å². The molecule has 0 heterocycles. The molecule has 0 aromatic heterocycles. The molecule has 0 saturated heterocycles. The minimum atomic E-state index is -1.06. The van der Waals surface area contributed by atoms with Crippen molar-refractivity contribution < 1.29 is 24.5 Å². The van der Waals surface area contributed by atoms with Crippen molar-refractivity contribution in [2.45, 2.75) is 19.6 Å². The van der Waals surface area contributed by atoms with E-state index in [4.69, 9.17) is 19.7 Å². The molecule has 0 radical (unpaired) electrons. The number of benzene rings is 1. The summed E-state index contributed by atoms with van der Waals surface area (Å²) in [6.45, 7) is 1.79. The zero-order valence-electron chi connectivity index (χ0n) is 9.63. The highest BCUT2D eigenvalue weighted by molar-refractivity contribution is 5.72. The third-order valence-electron chi connectivity index (χ3n) is 2.18. The highest BCUT2D eigenvalue weighted by Crippen LogP contribution is 2.18. The van der Waals surface area contributed by atoms with Crippen molar-refractivity contribution in [2.75, 3.05) is 13.2 Å². The molecule has 1 unspecified atom stereocenters. The van der Waals surface area contributed by atoms with E-state index < -0.39 is 12.1 Å². The van der Waals surface area contributed by atoms with Gasteiger partial charge in [-0.1, -0.05) is 18.2 Å². The fraction of sp³-hybridized carbons (Fsp3) is 0.417. The standard InChI is InChI=1S/C12H16O5/c1-2-16-11(12(14)15)8-17-10-6-4-3-5-9(10)7-13/h3-6,11,13H,2,7-8H2,1H3,(H,14,15). The molecule has 1 atom stereocenters. The molecule has 0 aliphatic carbocycles. The lowest BCUT2D eigenvalue weighted by Gasteiger charge is -2.15. The molecule has 0 saturated carbocycles. The molecular weight excluding hydrogens is 224 g/mol. The number of aliphatic carboxylic acids is 1. The minimum Gasteiger partial charge on any atom is -0.490 e.